The van der Waals surface area contributed by atoms with Gasteiger partial charge in [-0.1, -0.05) is 6.07 Å². The summed E-state index contributed by atoms with van der Waals surface area (Å²) in [6, 6.07) is 5.44. The third-order valence-corrected chi connectivity index (χ3v) is 3.72. The normalized spacial score (nSPS) is 16.5. The third-order valence-electron chi connectivity index (χ3n) is 1.73. The van der Waals surface area contributed by atoms with Crippen molar-refractivity contribution in [2.24, 2.45) is 0 Å². The molecule has 0 nitrogen and oxygen atoms in total. The average Bonchev–Trinajstić information content (AvgIpc) is 2.83. The van der Waals surface area contributed by atoms with Crippen LogP contribution in [0.15, 0.2) is 27.6 Å². The van der Waals surface area contributed by atoms with Crippen molar-refractivity contribution in [3.63, 3.8) is 0 Å². The molecule has 2 rings (SSSR count). The summed E-state index contributed by atoms with van der Waals surface area (Å²) in [6.07, 6.45) is 2.47. The SMILES string of the molecule is Fc1c(Br)cccc1SC1CC1. The quantitative estimate of drug-likeness (QED) is 0.765. The van der Waals surface area contributed by atoms with E-state index in [1.54, 1.807) is 17.8 Å². The molecule has 0 aromatic heterocycles. The van der Waals surface area contributed by atoms with Gasteiger partial charge in [-0.2, -0.15) is 0 Å². The van der Waals surface area contributed by atoms with E-state index in [9.17, 15) is 4.39 Å². The van der Waals surface area contributed by atoms with Crippen molar-refractivity contribution < 1.29 is 4.39 Å². The summed E-state index contributed by atoms with van der Waals surface area (Å²) in [5.74, 6) is -0.116. The van der Waals surface area contributed by atoms with Gasteiger partial charge in [-0.25, -0.2) is 4.39 Å². The number of hydrogen-bond acceptors (Lipinski definition) is 1. The van der Waals surface area contributed by atoms with Gasteiger partial charge in [0.1, 0.15) is 0 Å². The first-order chi connectivity index (χ1) is 5.77. The van der Waals surface area contributed by atoms with Crippen LogP contribution in [-0.2, 0) is 0 Å². The minimum Gasteiger partial charge on any atom is -0.205 e. The molecule has 0 heterocycles. The van der Waals surface area contributed by atoms with Gasteiger partial charge in [0.25, 0.3) is 0 Å². The van der Waals surface area contributed by atoms with Crippen LogP contribution in [0.5, 0.6) is 0 Å². The molecular formula is C9H8BrFS. The Bertz CT molecular complexity index is 297. The fraction of sp³-hybridized carbons (Fsp3) is 0.333. The number of rotatable bonds is 2. The van der Waals surface area contributed by atoms with Gasteiger partial charge >= 0.3 is 0 Å². The predicted octanol–water partition coefficient (Wildman–Crippen LogP) is 3.84. The highest BCUT2D eigenvalue weighted by molar-refractivity contribution is 9.10. The minimum atomic E-state index is -0.116. The summed E-state index contributed by atoms with van der Waals surface area (Å²) in [7, 11) is 0. The molecule has 12 heavy (non-hydrogen) atoms. The van der Waals surface area contributed by atoms with Gasteiger partial charge in [0, 0.05) is 10.1 Å². The molecule has 1 aromatic carbocycles. The van der Waals surface area contributed by atoms with E-state index in [2.05, 4.69) is 15.9 Å². The van der Waals surface area contributed by atoms with Crippen molar-refractivity contribution in [1.82, 2.24) is 0 Å². The molecule has 64 valence electrons. The Kier molecular flexibility index (Phi) is 2.42. The second-order valence-corrected chi connectivity index (χ2v) is 5.07. The summed E-state index contributed by atoms with van der Waals surface area (Å²) in [4.78, 5) is 0.770. The Hall–Kier alpha value is -0.0200. The van der Waals surface area contributed by atoms with Crippen molar-refractivity contribution in [2.75, 3.05) is 0 Å². The maximum Gasteiger partial charge on any atom is 0.150 e. The second kappa shape index (κ2) is 3.38. The van der Waals surface area contributed by atoms with Crippen molar-refractivity contribution in [2.45, 2.75) is 23.0 Å². The Balaban J connectivity index is 2.23. The van der Waals surface area contributed by atoms with Crippen LogP contribution >= 0.6 is 27.7 Å². The molecule has 3 heteroatoms. The minimum absolute atomic E-state index is 0.116. The molecular weight excluding hydrogens is 239 g/mol. The molecule has 0 atom stereocenters. The van der Waals surface area contributed by atoms with Crippen molar-refractivity contribution >= 4 is 27.7 Å². The van der Waals surface area contributed by atoms with Crippen LogP contribution in [0.4, 0.5) is 4.39 Å². The summed E-state index contributed by atoms with van der Waals surface area (Å²) in [5.41, 5.74) is 0. The van der Waals surface area contributed by atoms with E-state index in [1.807, 2.05) is 12.1 Å². The first kappa shape index (κ1) is 8.57. The van der Waals surface area contributed by atoms with Crippen LogP contribution in [0.3, 0.4) is 0 Å². The molecule has 1 aliphatic rings. The Labute approximate surface area is 83.7 Å². The molecule has 0 amide bonds. The maximum atomic E-state index is 13.3. The first-order valence-corrected chi connectivity index (χ1v) is 5.55. The van der Waals surface area contributed by atoms with Crippen molar-refractivity contribution in [3.8, 4) is 0 Å². The largest absolute Gasteiger partial charge is 0.205 e. The first-order valence-electron chi connectivity index (χ1n) is 3.88. The summed E-state index contributed by atoms with van der Waals surface area (Å²) in [6.45, 7) is 0. The zero-order valence-corrected chi connectivity index (χ0v) is 8.79. The van der Waals surface area contributed by atoms with E-state index in [4.69, 9.17) is 0 Å². The molecule has 1 aliphatic carbocycles. The molecule has 0 aliphatic heterocycles. The smallest absolute Gasteiger partial charge is 0.150 e. The van der Waals surface area contributed by atoms with Crippen LogP contribution in [0.25, 0.3) is 0 Å². The molecule has 0 unspecified atom stereocenters. The molecule has 1 fully saturated rings. The van der Waals surface area contributed by atoms with Crippen LogP contribution < -0.4 is 0 Å². The van der Waals surface area contributed by atoms with E-state index in [1.165, 1.54) is 12.8 Å². The van der Waals surface area contributed by atoms with Gasteiger partial charge in [-0.05, 0) is 40.9 Å². The highest BCUT2D eigenvalue weighted by Crippen LogP contribution is 2.40. The molecule has 0 bridgehead atoms. The lowest BCUT2D eigenvalue weighted by atomic mass is 10.3. The topological polar surface area (TPSA) is 0 Å². The highest BCUT2D eigenvalue weighted by Gasteiger charge is 2.24. The van der Waals surface area contributed by atoms with E-state index in [0.29, 0.717) is 9.72 Å². The van der Waals surface area contributed by atoms with E-state index < -0.39 is 0 Å². The van der Waals surface area contributed by atoms with Gasteiger partial charge in [0.15, 0.2) is 5.82 Å². The molecule has 1 saturated carbocycles. The van der Waals surface area contributed by atoms with Gasteiger partial charge in [0.2, 0.25) is 0 Å². The van der Waals surface area contributed by atoms with Crippen LogP contribution in [0, 0.1) is 5.82 Å². The Morgan fingerprint density at radius 3 is 2.83 bits per heavy atom. The Morgan fingerprint density at radius 1 is 1.42 bits per heavy atom. The molecule has 0 radical (unpaired) electrons. The van der Waals surface area contributed by atoms with Crippen LogP contribution in [0.2, 0.25) is 0 Å². The van der Waals surface area contributed by atoms with Crippen molar-refractivity contribution in [3.05, 3.63) is 28.5 Å². The summed E-state index contributed by atoms with van der Waals surface area (Å²) >= 11 is 4.81. The number of benzene rings is 1. The lowest BCUT2D eigenvalue weighted by molar-refractivity contribution is 0.595. The third kappa shape index (κ3) is 1.83. The highest BCUT2D eigenvalue weighted by atomic mass is 79.9. The summed E-state index contributed by atoms with van der Waals surface area (Å²) in [5, 5.41) is 0.661. The van der Waals surface area contributed by atoms with E-state index in [0.717, 1.165) is 4.90 Å². The molecule has 0 spiro atoms. The molecule has 1 aromatic rings. The lowest BCUT2D eigenvalue weighted by Gasteiger charge is -2.01. The number of thioether (sulfide) groups is 1. The Morgan fingerprint density at radius 2 is 2.17 bits per heavy atom. The van der Waals surface area contributed by atoms with Crippen molar-refractivity contribution in [1.29, 1.82) is 0 Å². The fourth-order valence-corrected chi connectivity index (χ4v) is 2.54. The number of hydrogen-bond donors (Lipinski definition) is 0. The maximum absolute atomic E-state index is 13.3. The zero-order valence-electron chi connectivity index (χ0n) is 6.39. The molecule has 0 saturated heterocycles. The standard InChI is InChI=1S/C9H8BrFS/c10-7-2-1-3-8(9(7)11)12-6-4-5-6/h1-3,6H,4-5H2. The second-order valence-electron chi connectivity index (χ2n) is 2.87. The summed E-state index contributed by atoms with van der Waals surface area (Å²) < 4.78 is 13.9. The zero-order chi connectivity index (χ0) is 8.55. The van der Waals surface area contributed by atoms with Gasteiger partial charge in [-0.15, -0.1) is 11.8 Å². The molecule has 0 N–H and O–H groups in total. The fourth-order valence-electron chi connectivity index (χ4n) is 0.940. The van der Waals surface area contributed by atoms with Gasteiger partial charge in [0.05, 0.1) is 4.47 Å². The van der Waals surface area contributed by atoms with E-state index >= 15 is 0 Å². The van der Waals surface area contributed by atoms with Crippen LogP contribution in [-0.4, -0.2) is 5.25 Å². The predicted molar refractivity (Wildman–Crippen MR) is 53.0 cm³/mol. The van der Waals surface area contributed by atoms with Gasteiger partial charge < -0.3 is 0 Å². The van der Waals surface area contributed by atoms with Gasteiger partial charge in [-0.3, -0.25) is 0 Å². The van der Waals surface area contributed by atoms with Crippen LogP contribution in [0.1, 0.15) is 12.8 Å². The average molecular weight is 247 g/mol. The monoisotopic (exact) mass is 246 g/mol. The van der Waals surface area contributed by atoms with E-state index in [-0.39, 0.29) is 5.82 Å². The number of halogens is 2. The lowest BCUT2D eigenvalue weighted by Crippen LogP contribution is -1.83.